The van der Waals surface area contributed by atoms with Crippen LogP contribution in [0.25, 0.3) is 0 Å². The first-order chi connectivity index (χ1) is 9.61. The van der Waals surface area contributed by atoms with Gasteiger partial charge in [0.1, 0.15) is 6.07 Å². The van der Waals surface area contributed by atoms with Gasteiger partial charge >= 0.3 is 0 Å². The summed E-state index contributed by atoms with van der Waals surface area (Å²) in [5.41, 5.74) is 1.32. The summed E-state index contributed by atoms with van der Waals surface area (Å²) in [6, 6.07) is 7.55. The molecule has 1 saturated heterocycles. The van der Waals surface area contributed by atoms with E-state index in [2.05, 4.69) is 27.3 Å². The molecular weight excluding hydrogens is 322 g/mol. The lowest BCUT2D eigenvalue weighted by Gasteiger charge is -2.14. The second kappa shape index (κ2) is 6.53. The lowest BCUT2D eigenvalue weighted by Crippen LogP contribution is -2.31. The quantitative estimate of drug-likeness (QED) is 0.661. The third-order valence-electron chi connectivity index (χ3n) is 3.13. The second-order valence-electron chi connectivity index (χ2n) is 4.52. The van der Waals surface area contributed by atoms with Crippen LogP contribution in [0.5, 0.6) is 0 Å². The third kappa shape index (κ3) is 3.36. The summed E-state index contributed by atoms with van der Waals surface area (Å²) < 4.78 is 0.855. The molecule has 2 amide bonds. The molecule has 6 heteroatoms. The summed E-state index contributed by atoms with van der Waals surface area (Å²) in [5.74, 6) is -0.173. The lowest BCUT2D eigenvalue weighted by atomic mass is 10.2. The first-order valence-electron chi connectivity index (χ1n) is 6.38. The molecule has 1 aliphatic heterocycles. The molecule has 1 fully saturated rings. The first kappa shape index (κ1) is 14.5. The maximum Gasteiger partial charge on any atom is 0.229 e. The first-order valence-corrected chi connectivity index (χ1v) is 7.18. The molecule has 1 heterocycles. The van der Waals surface area contributed by atoms with Gasteiger partial charge in [-0.3, -0.25) is 14.5 Å². The standard InChI is InChI=1S/C14H14BrN3O2/c15-11-2-3-12(10(8-11)9-16)17-6-1-7-18-13(19)4-5-14(18)20/h2-3,8,17H,1,4-7H2. The monoisotopic (exact) mass is 335 g/mol. The number of amides is 2. The van der Waals surface area contributed by atoms with Gasteiger partial charge in [-0.1, -0.05) is 15.9 Å². The molecule has 104 valence electrons. The summed E-state index contributed by atoms with van der Waals surface area (Å²) in [5, 5.41) is 12.2. The van der Waals surface area contributed by atoms with Gasteiger partial charge in [0.15, 0.2) is 0 Å². The average molecular weight is 336 g/mol. The number of carbonyl (C=O) groups excluding carboxylic acids is 2. The van der Waals surface area contributed by atoms with Gasteiger partial charge in [0.25, 0.3) is 0 Å². The Kier molecular flexibility index (Phi) is 4.74. The van der Waals surface area contributed by atoms with Gasteiger partial charge < -0.3 is 5.32 Å². The Morgan fingerprint density at radius 3 is 2.65 bits per heavy atom. The number of likely N-dealkylation sites (tertiary alicyclic amines) is 1. The van der Waals surface area contributed by atoms with Gasteiger partial charge in [-0.15, -0.1) is 0 Å². The third-order valence-corrected chi connectivity index (χ3v) is 3.62. The molecule has 0 saturated carbocycles. The number of hydrogen-bond acceptors (Lipinski definition) is 4. The topological polar surface area (TPSA) is 73.2 Å². The molecule has 1 aliphatic rings. The normalized spacial score (nSPS) is 14.5. The summed E-state index contributed by atoms with van der Waals surface area (Å²) in [6.07, 6.45) is 1.33. The van der Waals surface area contributed by atoms with E-state index in [9.17, 15) is 9.59 Å². The summed E-state index contributed by atoms with van der Waals surface area (Å²) in [6.45, 7) is 1.04. The molecule has 2 rings (SSSR count). The number of benzene rings is 1. The van der Waals surface area contributed by atoms with Gasteiger partial charge in [-0.25, -0.2) is 0 Å². The number of anilines is 1. The smallest absolute Gasteiger partial charge is 0.229 e. The zero-order chi connectivity index (χ0) is 14.5. The Balaban J connectivity index is 1.83. The summed E-state index contributed by atoms with van der Waals surface area (Å²) >= 11 is 3.32. The van der Waals surface area contributed by atoms with Crippen molar-refractivity contribution in [1.82, 2.24) is 4.90 Å². The number of hydrogen-bond donors (Lipinski definition) is 1. The van der Waals surface area contributed by atoms with Crippen LogP contribution < -0.4 is 5.32 Å². The summed E-state index contributed by atoms with van der Waals surface area (Å²) in [7, 11) is 0. The maximum absolute atomic E-state index is 11.4. The van der Waals surface area contributed by atoms with Gasteiger partial charge in [0, 0.05) is 30.4 Å². The number of rotatable bonds is 5. The highest BCUT2D eigenvalue weighted by Gasteiger charge is 2.27. The fourth-order valence-corrected chi connectivity index (χ4v) is 2.46. The van der Waals surface area contributed by atoms with Crippen molar-refractivity contribution < 1.29 is 9.59 Å². The predicted molar refractivity (Wildman–Crippen MR) is 77.9 cm³/mol. The number of nitriles is 1. The number of nitrogens with zero attached hydrogens (tertiary/aromatic N) is 2. The van der Waals surface area contributed by atoms with Crippen LogP contribution in [0, 0.1) is 11.3 Å². The molecule has 0 spiro atoms. The number of carbonyl (C=O) groups is 2. The van der Waals surface area contributed by atoms with E-state index in [-0.39, 0.29) is 11.8 Å². The molecule has 0 aliphatic carbocycles. The van der Waals surface area contributed by atoms with Gasteiger partial charge in [-0.2, -0.15) is 5.26 Å². The number of halogens is 1. The highest BCUT2D eigenvalue weighted by atomic mass is 79.9. The van der Waals surface area contributed by atoms with Gasteiger partial charge in [-0.05, 0) is 24.6 Å². The van der Waals surface area contributed by atoms with E-state index in [4.69, 9.17) is 5.26 Å². The average Bonchev–Trinajstić information content (AvgIpc) is 2.76. The highest BCUT2D eigenvalue weighted by Crippen LogP contribution is 2.20. The zero-order valence-electron chi connectivity index (χ0n) is 10.9. The van der Waals surface area contributed by atoms with Crippen molar-refractivity contribution in [1.29, 1.82) is 5.26 Å². The summed E-state index contributed by atoms with van der Waals surface area (Å²) in [4.78, 5) is 24.2. The van der Waals surface area contributed by atoms with Crippen molar-refractivity contribution in [3.05, 3.63) is 28.2 Å². The predicted octanol–water partition coefficient (Wildman–Crippen LogP) is 2.27. The highest BCUT2D eigenvalue weighted by molar-refractivity contribution is 9.10. The molecule has 5 nitrogen and oxygen atoms in total. The van der Waals surface area contributed by atoms with Crippen LogP contribution >= 0.6 is 15.9 Å². The van der Waals surface area contributed by atoms with E-state index < -0.39 is 0 Å². The zero-order valence-corrected chi connectivity index (χ0v) is 12.4. The Morgan fingerprint density at radius 1 is 1.30 bits per heavy atom. The molecule has 0 atom stereocenters. The second-order valence-corrected chi connectivity index (χ2v) is 5.44. The van der Waals surface area contributed by atoms with Gasteiger partial charge in [0.05, 0.1) is 11.3 Å². The minimum atomic E-state index is -0.0867. The lowest BCUT2D eigenvalue weighted by molar-refractivity contribution is -0.138. The van der Waals surface area contributed by atoms with Crippen LogP contribution in [-0.4, -0.2) is 29.8 Å². The Labute approximate surface area is 125 Å². The minimum absolute atomic E-state index is 0.0867. The van der Waals surface area contributed by atoms with E-state index in [0.29, 0.717) is 37.9 Å². The molecule has 20 heavy (non-hydrogen) atoms. The largest absolute Gasteiger partial charge is 0.384 e. The van der Waals surface area contributed by atoms with Crippen molar-refractivity contribution in [2.45, 2.75) is 19.3 Å². The number of imide groups is 1. The van der Waals surface area contributed by atoms with Crippen molar-refractivity contribution in [2.24, 2.45) is 0 Å². The molecule has 1 N–H and O–H groups in total. The van der Waals surface area contributed by atoms with Crippen molar-refractivity contribution in [3.8, 4) is 6.07 Å². The van der Waals surface area contributed by atoms with Crippen molar-refractivity contribution >= 4 is 33.4 Å². The molecule has 1 aromatic rings. The fourth-order valence-electron chi connectivity index (χ4n) is 2.10. The SMILES string of the molecule is N#Cc1cc(Br)ccc1NCCCN1C(=O)CCC1=O. The molecule has 0 unspecified atom stereocenters. The van der Waals surface area contributed by atoms with Crippen LogP contribution in [0.2, 0.25) is 0 Å². The molecule has 0 bridgehead atoms. The fraction of sp³-hybridized carbons (Fsp3) is 0.357. The van der Waals surface area contributed by atoms with Crippen LogP contribution in [-0.2, 0) is 9.59 Å². The van der Waals surface area contributed by atoms with Crippen molar-refractivity contribution in [2.75, 3.05) is 18.4 Å². The molecule has 1 aromatic carbocycles. The molecular formula is C14H14BrN3O2. The Bertz CT molecular complexity index is 564. The van der Waals surface area contributed by atoms with E-state index in [1.165, 1.54) is 4.90 Å². The van der Waals surface area contributed by atoms with Crippen LogP contribution in [0.15, 0.2) is 22.7 Å². The van der Waals surface area contributed by atoms with E-state index in [1.807, 2.05) is 12.1 Å². The van der Waals surface area contributed by atoms with E-state index in [1.54, 1.807) is 6.07 Å². The molecule has 0 radical (unpaired) electrons. The molecule has 0 aromatic heterocycles. The minimum Gasteiger partial charge on any atom is -0.384 e. The Morgan fingerprint density at radius 2 is 2.00 bits per heavy atom. The maximum atomic E-state index is 11.4. The van der Waals surface area contributed by atoms with E-state index >= 15 is 0 Å². The van der Waals surface area contributed by atoms with E-state index in [0.717, 1.165) is 10.2 Å². The number of nitrogens with one attached hydrogen (secondary N) is 1. The van der Waals surface area contributed by atoms with Gasteiger partial charge in [0.2, 0.25) is 11.8 Å². The van der Waals surface area contributed by atoms with Crippen molar-refractivity contribution in [3.63, 3.8) is 0 Å². The van der Waals surface area contributed by atoms with Crippen LogP contribution in [0.1, 0.15) is 24.8 Å². The van der Waals surface area contributed by atoms with Crippen LogP contribution in [0.4, 0.5) is 5.69 Å². The Hall–Kier alpha value is -1.87. The van der Waals surface area contributed by atoms with Crippen LogP contribution in [0.3, 0.4) is 0 Å².